The van der Waals surface area contributed by atoms with Crippen molar-refractivity contribution < 1.29 is 24.5 Å². The van der Waals surface area contributed by atoms with Crippen molar-refractivity contribution in [2.24, 2.45) is 0 Å². The fraction of sp³-hybridized carbons (Fsp3) is 0.556. The van der Waals surface area contributed by atoms with Crippen LogP contribution in [0, 0.1) is 0 Å². The molecule has 6 nitrogen and oxygen atoms in total. The van der Waals surface area contributed by atoms with E-state index >= 15 is 0 Å². The normalized spacial score (nSPS) is 11.5. The number of carbonyl (C=O) groups excluding carboxylic acids is 1. The van der Waals surface area contributed by atoms with Crippen molar-refractivity contribution in [3.63, 3.8) is 0 Å². The summed E-state index contributed by atoms with van der Waals surface area (Å²) < 4.78 is 4.60. The Morgan fingerprint density at radius 1 is 1.53 bits per heavy atom. The SMILES string of the molecule is C=CCOC(=O)NCCCC(O)C(=O)O. The number of aliphatic hydroxyl groups excluding tert-OH is 1. The molecule has 0 saturated heterocycles. The number of rotatable bonds is 7. The molecule has 1 atom stereocenters. The first-order chi connectivity index (χ1) is 7.07. The third-order valence-corrected chi connectivity index (χ3v) is 1.54. The second-order valence-electron chi connectivity index (χ2n) is 2.81. The predicted octanol–water partition coefficient (Wildman–Crippen LogP) is 0.124. The first-order valence-corrected chi connectivity index (χ1v) is 4.50. The Morgan fingerprint density at radius 2 is 2.20 bits per heavy atom. The van der Waals surface area contributed by atoms with Gasteiger partial charge in [-0.3, -0.25) is 0 Å². The number of aliphatic hydroxyl groups is 1. The zero-order chi connectivity index (χ0) is 11.7. The third kappa shape index (κ3) is 7.51. The molecular formula is C9H15NO5. The molecule has 0 aromatic rings. The van der Waals surface area contributed by atoms with Gasteiger partial charge in [-0.15, -0.1) is 0 Å². The Hall–Kier alpha value is -1.56. The minimum absolute atomic E-state index is 0.0943. The molecule has 0 aliphatic rings. The van der Waals surface area contributed by atoms with Gasteiger partial charge in [-0.1, -0.05) is 12.7 Å². The van der Waals surface area contributed by atoms with Gasteiger partial charge < -0.3 is 20.3 Å². The van der Waals surface area contributed by atoms with Crippen LogP contribution in [0.2, 0.25) is 0 Å². The van der Waals surface area contributed by atoms with Gasteiger partial charge in [0.15, 0.2) is 6.10 Å². The minimum Gasteiger partial charge on any atom is -0.479 e. The molecule has 0 rings (SSSR count). The number of carboxylic acids is 1. The molecule has 15 heavy (non-hydrogen) atoms. The molecule has 0 spiro atoms. The van der Waals surface area contributed by atoms with E-state index in [0.29, 0.717) is 6.42 Å². The number of aliphatic carboxylic acids is 1. The number of hydrogen-bond donors (Lipinski definition) is 3. The fourth-order valence-electron chi connectivity index (χ4n) is 0.795. The van der Waals surface area contributed by atoms with E-state index in [1.807, 2.05) is 0 Å². The van der Waals surface area contributed by atoms with Gasteiger partial charge in [0, 0.05) is 6.54 Å². The summed E-state index contributed by atoms with van der Waals surface area (Å²) in [5.74, 6) is -1.26. The maximum Gasteiger partial charge on any atom is 0.407 e. The van der Waals surface area contributed by atoms with E-state index in [1.54, 1.807) is 0 Å². The van der Waals surface area contributed by atoms with Crippen LogP contribution >= 0.6 is 0 Å². The highest BCUT2D eigenvalue weighted by molar-refractivity contribution is 5.71. The lowest BCUT2D eigenvalue weighted by Gasteiger charge is -2.06. The Labute approximate surface area is 87.5 Å². The smallest absolute Gasteiger partial charge is 0.407 e. The Morgan fingerprint density at radius 3 is 2.73 bits per heavy atom. The predicted molar refractivity (Wildman–Crippen MR) is 52.4 cm³/mol. The molecular weight excluding hydrogens is 202 g/mol. The van der Waals surface area contributed by atoms with Crippen LogP contribution in [0.5, 0.6) is 0 Å². The first-order valence-electron chi connectivity index (χ1n) is 4.50. The minimum atomic E-state index is -1.38. The maximum atomic E-state index is 10.8. The van der Waals surface area contributed by atoms with Crippen LogP contribution in [-0.4, -0.2) is 41.5 Å². The molecule has 3 N–H and O–H groups in total. The molecule has 0 heterocycles. The van der Waals surface area contributed by atoms with Gasteiger partial charge in [0.2, 0.25) is 0 Å². The summed E-state index contributed by atoms with van der Waals surface area (Å²) in [5.41, 5.74) is 0. The van der Waals surface area contributed by atoms with Crippen molar-refractivity contribution in [3.8, 4) is 0 Å². The first kappa shape index (κ1) is 13.4. The number of ether oxygens (including phenoxy) is 1. The van der Waals surface area contributed by atoms with Gasteiger partial charge in [-0.2, -0.15) is 0 Å². The lowest BCUT2D eigenvalue weighted by molar-refractivity contribution is -0.146. The molecule has 0 aromatic carbocycles. The number of carboxylic acid groups (broad SMARTS) is 1. The van der Waals surface area contributed by atoms with Crippen LogP contribution in [0.1, 0.15) is 12.8 Å². The molecule has 0 radical (unpaired) electrons. The third-order valence-electron chi connectivity index (χ3n) is 1.54. The molecule has 1 amide bonds. The molecule has 86 valence electrons. The van der Waals surface area contributed by atoms with E-state index in [-0.39, 0.29) is 19.6 Å². The summed E-state index contributed by atoms with van der Waals surface area (Å²) in [6.45, 7) is 3.76. The van der Waals surface area contributed by atoms with Gasteiger partial charge in [0.1, 0.15) is 6.61 Å². The monoisotopic (exact) mass is 217 g/mol. The number of nitrogens with one attached hydrogen (secondary N) is 1. The lowest BCUT2D eigenvalue weighted by atomic mass is 10.2. The summed E-state index contributed by atoms with van der Waals surface area (Å²) >= 11 is 0. The molecule has 1 unspecified atom stereocenters. The Balaban J connectivity index is 3.41. The van der Waals surface area contributed by atoms with Gasteiger partial charge in [0.05, 0.1) is 0 Å². The molecule has 0 aliphatic heterocycles. The molecule has 0 bridgehead atoms. The van der Waals surface area contributed by atoms with Crippen LogP contribution in [0.3, 0.4) is 0 Å². The largest absolute Gasteiger partial charge is 0.479 e. The standard InChI is InChI=1S/C9H15NO5/c1-2-6-15-9(14)10-5-3-4-7(11)8(12)13/h2,7,11H,1,3-6H2,(H,10,14)(H,12,13). The highest BCUT2D eigenvalue weighted by Gasteiger charge is 2.12. The Bertz CT molecular complexity index is 229. The molecule has 0 aliphatic carbocycles. The van der Waals surface area contributed by atoms with E-state index < -0.39 is 18.2 Å². The Kier molecular flexibility index (Phi) is 7.00. The summed E-state index contributed by atoms with van der Waals surface area (Å²) in [6.07, 6.45) is -0.0580. The van der Waals surface area contributed by atoms with Crippen LogP contribution in [0.15, 0.2) is 12.7 Å². The second-order valence-corrected chi connectivity index (χ2v) is 2.81. The number of carbonyl (C=O) groups is 2. The summed E-state index contributed by atoms with van der Waals surface area (Å²) in [5, 5.41) is 19.6. The van der Waals surface area contributed by atoms with Crippen molar-refractivity contribution in [3.05, 3.63) is 12.7 Å². The van der Waals surface area contributed by atoms with E-state index in [1.165, 1.54) is 6.08 Å². The highest BCUT2D eigenvalue weighted by Crippen LogP contribution is 1.95. The topological polar surface area (TPSA) is 95.9 Å². The van der Waals surface area contributed by atoms with Crippen molar-refractivity contribution in [2.75, 3.05) is 13.2 Å². The zero-order valence-corrected chi connectivity index (χ0v) is 8.31. The second kappa shape index (κ2) is 7.81. The molecule has 0 aromatic heterocycles. The van der Waals surface area contributed by atoms with Gasteiger partial charge in [-0.25, -0.2) is 9.59 Å². The van der Waals surface area contributed by atoms with Crippen LogP contribution in [0.25, 0.3) is 0 Å². The lowest BCUT2D eigenvalue weighted by Crippen LogP contribution is -2.27. The molecule has 0 fully saturated rings. The van der Waals surface area contributed by atoms with E-state index in [4.69, 9.17) is 10.2 Å². The van der Waals surface area contributed by atoms with E-state index in [2.05, 4.69) is 16.6 Å². The quantitative estimate of drug-likeness (QED) is 0.416. The number of amides is 1. The van der Waals surface area contributed by atoms with Crippen molar-refractivity contribution >= 4 is 12.1 Å². The van der Waals surface area contributed by atoms with E-state index in [0.717, 1.165) is 0 Å². The molecule has 6 heteroatoms. The van der Waals surface area contributed by atoms with Crippen LogP contribution in [0.4, 0.5) is 4.79 Å². The fourth-order valence-corrected chi connectivity index (χ4v) is 0.795. The van der Waals surface area contributed by atoms with Gasteiger partial charge in [-0.05, 0) is 12.8 Å². The number of alkyl carbamates (subject to hydrolysis) is 1. The average Bonchev–Trinajstić information content (AvgIpc) is 2.20. The number of hydrogen-bond acceptors (Lipinski definition) is 4. The van der Waals surface area contributed by atoms with Crippen LogP contribution < -0.4 is 5.32 Å². The van der Waals surface area contributed by atoms with E-state index in [9.17, 15) is 9.59 Å². The summed E-state index contributed by atoms with van der Waals surface area (Å²) in [7, 11) is 0. The zero-order valence-electron chi connectivity index (χ0n) is 8.31. The highest BCUT2D eigenvalue weighted by atomic mass is 16.5. The maximum absolute atomic E-state index is 10.8. The van der Waals surface area contributed by atoms with Gasteiger partial charge in [0.25, 0.3) is 0 Å². The van der Waals surface area contributed by atoms with Crippen LogP contribution in [-0.2, 0) is 9.53 Å². The van der Waals surface area contributed by atoms with Gasteiger partial charge >= 0.3 is 12.1 Å². The van der Waals surface area contributed by atoms with Crippen molar-refractivity contribution in [1.82, 2.24) is 5.32 Å². The summed E-state index contributed by atoms with van der Waals surface area (Å²) in [6, 6.07) is 0. The van der Waals surface area contributed by atoms with Crippen molar-refractivity contribution in [1.29, 1.82) is 0 Å². The van der Waals surface area contributed by atoms with Crippen molar-refractivity contribution in [2.45, 2.75) is 18.9 Å². The average molecular weight is 217 g/mol. The molecule has 0 saturated carbocycles. The summed E-state index contributed by atoms with van der Waals surface area (Å²) in [4.78, 5) is 21.0.